The van der Waals surface area contributed by atoms with Gasteiger partial charge in [0.25, 0.3) is 5.91 Å². The van der Waals surface area contributed by atoms with Crippen molar-refractivity contribution in [2.45, 2.75) is 32.7 Å². The van der Waals surface area contributed by atoms with Gasteiger partial charge < -0.3 is 15.5 Å². The standard InChI is InChI=1S/C20H24ClN5O2/c1-13(2)22-19(27)14-5-3-7-16(11-14)23-20(28)15-6-4-10-26(12-15)18-9-8-17(21)24-25-18/h3,5,7-9,11,13,15H,4,6,10,12H2,1-2H3,(H,22,27)(H,23,28). The molecule has 0 aliphatic carbocycles. The number of benzene rings is 1. The van der Waals surface area contributed by atoms with Crippen LogP contribution in [0.5, 0.6) is 0 Å². The smallest absolute Gasteiger partial charge is 0.251 e. The lowest BCUT2D eigenvalue weighted by Crippen LogP contribution is -2.41. The van der Waals surface area contributed by atoms with Crippen molar-refractivity contribution in [2.24, 2.45) is 5.92 Å². The predicted octanol–water partition coefficient (Wildman–Crippen LogP) is 3.12. The Morgan fingerprint density at radius 2 is 2.04 bits per heavy atom. The minimum absolute atomic E-state index is 0.0509. The highest BCUT2D eigenvalue weighted by atomic mass is 35.5. The predicted molar refractivity (Wildman–Crippen MR) is 110 cm³/mol. The van der Waals surface area contributed by atoms with E-state index in [0.717, 1.165) is 19.4 Å². The first-order valence-corrected chi connectivity index (χ1v) is 9.76. The van der Waals surface area contributed by atoms with Gasteiger partial charge in [-0.15, -0.1) is 10.2 Å². The van der Waals surface area contributed by atoms with Gasteiger partial charge in [0.2, 0.25) is 5.91 Å². The second-order valence-electron chi connectivity index (χ2n) is 7.20. The molecule has 2 heterocycles. The Morgan fingerprint density at radius 3 is 2.75 bits per heavy atom. The van der Waals surface area contributed by atoms with Crippen LogP contribution in [0.25, 0.3) is 0 Å². The van der Waals surface area contributed by atoms with Gasteiger partial charge >= 0.3 is 0 Å². The molecule has 1 aromatic carbocycles. The average molecular weight is 402 g/mol. The van der Waals surface area contributed by atoms with E-state index >= 15 is 0 Å². The maximum absolute atomic E-state index is 12.8. The van der Waals surface area contributed by atoms with Crippen molar-refractivity contribution in [3.8, 4) is 0 Å². The molecule has 1 aliphatic rings. The van der Waals surface area contributed by atoms with Gasteiger partial charge in [-0.25, -0.2) is 0 Å². The van der Waals surface area contributed by atoms with Crippen LogP contribution < -0.4 is 15.5 Å². The van der Waals surface area contributed by atoms with Gasteiger partial charge in [0.15, 0.2) is 11.0 Å². The largest absolute Gasteiger partial charge is 0.354 e. The molecule has 0 spiro atoms. The van der Waals surface area contributed by atoms with Crippen LogP contribution in [-0.4, -0.2) is 41.1 Å². The maximum Gasteiger partial charge on any atom is 0.251 e. The SMILES string of the molecule is CC(C)NC(=O)c1cccc(NC(=O)C2CCCN(c3ccc(Cl)nn3)C2)c1. The molecule has 1 aliphatic heterocycles. The number of carbonyl (C=O) groups excluding carboxylic acids is 2. The lowest BCUT2D eigenvalue weighted by atomic mass is 9.97. The van der Waals surface area contributed by atoms with E-state index in [-0.39, 0.29) is 23.8 Å². The quantitative estimate of drug-likeness (QED) is 0.803. The number of hydrogen-bond acceptors (Lipinski definition) is 5. The van der Waals surface area contributed by atoms with E-state index in [1.807, 2.05) is 24.8 Å². The minimum Gasteiger partial charge on any atom is -0.354 e. The molecule has 3 rings (SSSR count). The van der Waals surface area contributed by atoms with Crippen LogP contribution in [0.1, 0.15) is 37.0 Å². The number of aromatic nitrogens is 2. The van der Waals surface area contributed by atoms with Crippen molar-refractivity contribution in [1.29, 1.82) is 0 Å². The lowest BCUT2D eigenvalue weighted by Gasteiger charge is -2.32. The zero-order valence-corrected chi connectivity index (χ0v) is 16.7. The number of nitrogens with zero attached hydrogens (tertiary/aromatic N) is 3. The van der Waals surface area contributed by atoms with Crippen LogP contribution in [0.15, 0.2) is 36.4 Å². The van der Waals surface area contributed by atoms with Crippen LogP contribution in [0.4, 0.5) is 11.5 Å². The van der Waals surface area contributed by atoms with Gasteiger partial charge in [0.1, 0.15) is 0 Å². The molecule has 1 atom stereocenters. The highest BCUT2D eigenvalue weighted by molar-refractivity contribution is 6.29. The van der Waals surface area contributed by atoms with E-state index in [9.17, 15) is 9.59 Å². The van der Waals surface area contributed by atoms with Crippen molar-refractivity contribution >= 4 is 34.9 Å². The van der Waals surface area contributed by atoms with Crippen molar-refractivity contribution in [3.05, 3.63) is 47.1 Å². The third-order valence-corrected chi connectivity index (χ3v) is 4.75. The van der Waals surface area contributed by atoms with E-state index < -0.39 is 0 Å². The zero-order valence-electron chi connectivity index (χ0n) is 16.0. The normalized spacial score (nSPS) is 16.7. The van der Waals surface area contributed by atoms with E-state index in [2.05, 4.69) is 20.8 Å². The highest BCUT2D eigenvalue weighted by Gasteiger charge is 2.27. The molecule has 2 aromatic rings. The van der Waals surface area contributed by atoms with Crippen molar-refractivity contribution in [3.63, 3.8) is 0 Å². The van der Waals surface area contributed by atoms with Gasteiger partial charge in [-0.05, 0) is 57.0 Å². The summed E-state index contributed by atoms with van der Waals surface area (Å²) < 4.78 is 0. The molecule has 8 heteroatoms. The fraction of sp³-hybridized carbons (Fsp3) is 0.400. The summed E-state index contributed by atoms with van der Waals surface area (Å²) in [5, 5.41) is 14.1. The maximum atomic E-state index is 12.8. The zero-order chi connectivity index (χ0) is 20.1. The fourth-order valence-corrected chi connectivity index (χ4v) is 3.31. The Kier molecular flexibility index (Phi) is 6.46. The fourth-order valence-electron chi connectivity index (χ4n) is 3.20. The minimum atomic E-state index is -0.167. The Hall–Kier alpha value is -2.67. The van der Waals surface area contributed by atoms with Gasteiger partial charge in [0.05, 0.1) is 5.92 Å². The number of amides is 2. The van der Waals surface area contributed by atoms with Crippen LogP contribution in [0.2, 0.25) is 5.15 Å². The summed E-state index contributed by atoms with van der Waals surface area (Å²) >= 11 is 5.80. The van der Waals surface area contributed by atoms with Crippen molar-refractivity contribution in [2.75, 3.05) is 23.3 Å². The Labute approximate surface area is 169 Å². The van der Waals surface area contributed by atoms with Crippen LogP contribution in [0.3, 0.4) is 0 Å². The molecular formula is C20H24ClN5O2. The molecule has 1 fully saturated rings. The van der Waals surface area contributed by atoms with E-state index in [0.29, 0.717) is 28.8 Å². The van der Waals surface area contributed by atoms with Crippen molar-refractivity contribution in [1.82, 2.24) is 15.5 Å². The molecule has 0 bridgehead atoms. The van der Waals surface area contributed by atoms with Crippen LogP contribution in [-0.2, 0) is 4.79 Å². The Bertz CT molecular complexity index is 841. The molecule has 1 saturated heterocycles. The lowest BCUT2D eigenvalue weighted by molar-refractivity contribution is -0.120. The first-order chi connectivity index (χ1) is 13.4. The molecule has 28 heavy (non-hydrogen) atoms. The van der Waals surface area contributed by atoms with Crippen LogP contribution >= 0.6 is 11.6 Å². The van der Waals surface area contributed by atoms with Crippen LogP contribution in [0, 0.1) is 5.92 Å². The highest BCUT2D eigenvalue weighted by Crippen LogP contribution is 2.23. The van der Waals surface area contributed by atoms with E-state index in [1.54, 1.807) is 30.3 Å². The second kappa shape index (κ2) is 9.01. The van der Waals surface area contributed by atoms with Gasteiger partial charge in [-0.1, -0.05) is 17.7 Å². The third-order valence-electron chi connectivity index (χ3n) is 4.55. The van der Waals surface area contributed by atoms with Gasteiger partial charge in [0, 0.05) is 30.4 Å². The summed E-state index contributed by atoms with van der Waals surface area (Å²) in [4.78, 5) is 27.0. The molecule has 148 valence electrons. The third kappa shape index (κ3) is 5.19. The molecule has 2 N–H and O–H groups in total. The molecule has 0 saturated carbocycles. The number of anilines is 2. The second-order valence-corrected chi connectivity index (χ2v) is 7.58. The first kappa shape index (κ1) is 20.1. The number of piperidine rings is 1. The number of halogens is 1. The molecular weight excluding hydrogens is 378 g/mol. The summed E-state index contributed by atoms with van der Waals surface area (Å²) in [5.74, 6) is 0.331. The average Bonchev–Trinajstić information content (AvgIpc) is 2.68. The summed E-state index contributed by atoms with van der Waals surface area (Å²) in [7, 11) is 0. The Morgan fingerprint density at radius 1 is 1.21 bits per heavy atom. The molecule has 1 unspecified atom stereocenters. The summed E-state index contributed by atoms with van der Waals surface area (Å²) in [5.41, 5.74) is 1.14. The van der Waals surface area contributed by atoms with Crippen molar-refractivity contribution < 1.29 is 9.59 Å². The summed E-state index contributed by atoms with van der Waals surface area (Å²) in [6.45, 7) is 5.20. The van der Waals surface area contributed by atoms with E-state index in [4.69, 9.17) is 11.6 Å². The Balaban J connectivity index is 1.64. The molecule has 1 aromatic heterocycles. The number of carbonyl (C=O) groups is 2. The monoisotopic (exact) mass is 401 g/mol. The first-order valence-electron chi connectivity index (χ1n) is 9.38. The molecule has 0 radical (unpaired) electrons. The van der Waals surface area contributed by atoms with Gasteiger partial charge in [-0.3, -0.25) is 9.59 Å². The summed E-state index contributed by atoms with van der Waals surface area (Å²) in [6, 6.07) is 10.5. The van der Waals surface area contributed by atoms with Gasteiger partial charge in [-0.2, -0.15) is 0 Å². The molecule has 7 nitrogen and oxygen atoms in total. The number of rotatable bonds is 5. The number of nitrogens with one attached hydrogen (secondary N) is 2. The molecule has 2 amide bonds. The summed E-state index contributed by atoms with van der Waals surface area (Å²) in [6.07, 6.45) is 1.69. The topological polar surface area (TPSA) is 87.2 Å². The number of hydrogen-bond donors (Lipinski definition) is 2. The van der Waals surface area contributed by atoms with E-state index in [1.165, 1.54) is 0 Å².